The molecule has 1 aliphatic heterocycles. The van der Waals surface area contributed by atoms with Crippen molar-refractivity contribution in [2.45, 2.75) is 25.3 Å². The number of ether oxygens (including phenoxy) is 2. The van der Waals surface area contributed by atoms with Gasteiger partial charge in [0.25, 0.3) is 0 Å². The standard InChI is InChI=1S/C15H16BrNO3/c1-14(7-19-8-14)9-20-13-3-2-11(6-12(13)16)15(4-5-15)17-10-18/h2-3,6H,4-5,7-9H2,1H3. The topological polar surface area (TPSA) is 47.9 Å². The lowest BCUT2D eigenvalue weighted by molar-refractivity contribution is -0.120. The van der Waals surface area contributed by atoms with Gasteiger partial charge in [0.2, 0.25) is 6.08 Å². The maximum atomic E-state index is 10.5. The molecule has 2 fully saturated rings. The maximum absolute atomic E-state index is 10.5. The van der Waals surface area contributed by atoms with Gasteiger partial charge in [0.1, 0.15) is 5.75 Å². The van der Waals surface area contributed by atoms with E-state index in [1.165, 1.54) is 0 Å². The fraction of sp³-hybridized carbons (Fsp3) is 0.533. The summed E-state index contributed by atoms with van der Waals surface area (Å²) in [6.07, 6.45) is 3.49. The van der Waals surface area contributed by atoms with Gasteiger partial charge in [-0.1, -0.05) is 13.0 Å². The van der Waals surface area contributed by atoms with Crippen LogP contribution in [-0.2, 0) is 15.1 Å². The largest absolute Gasteiger partial charge is 0.492 e. The number of carbonyl (C=O) groups excluding carboxylic acids is 1. The monoisotopic (exact) mass is 337 g/mol. The lowest BCUT2D eigenvalue weighted by Gasteiger charge is -2.37. The van der Waals surface area contributed by atoms with E-state index in [9.17, 15) is 4.79 Å². The molecule has 0 bridgehead atoms. The number of aliphatic imine (C=N–C) groups is 1. The van der Waals surface area contributed by atoms with Crippen LogP contribution in [0, 0.1) is 5.41 Å². The first-order valence-corrected chi connectivity index (χ1v) is 7.46. The molecular formula is C15H16BrNO3. The average molecular weight is 338 g/mol. The molecule has 1 aromatic carbocycles. The molecule has 3 rings (SSSR count). The molecule has 0 spiro atoms. The summed E-state index contributed by atoms with van der Waals surface area (Å²) < 4.78 is 12.0. The Morgan fingerprint density at radius 3 is 2.70 bits per heavy atom. The first-order valence-electron chi connectivity index (χ1n) is 6.67. The second-order valence-corrected chi connectivity index (χ2v) is 6.83. The van der Waals surface area contributed by atoms with Gasteiger partial charge in [-0.25, -0.2) is 4.79 Å². The second-order valence-electron chi connectivity index (χ2n) is 5.97. The zero-order valence-electron chi connectivity index (χ0n) is 11.3. The fourth-order valence-corrected chi connectivity index (χ4v) is 2.86. The molecular weight excluding hydrogens is 322 g/mol. The molecule has 0 N–H and O–H groups in total. The number of isocyanates is 1. The van der Waals surface area contributed by atoms with Gasteiger partial charge >= 0.3 is 0 Å². The normalized spacial score (nSPS) is 21.5. The van der Waals surface area contributed by atoms with E-state index in [-0.39, 0.29) is 11.0 Å². The van der Waals surface area contributed by atoms with Crippen LogP contribution in [-0.4, -0.2) is 25.9 Å². The predicted molar refractivity (Wildman–Crippen MR) is 77.6 cm³/mol. The van der Waals surface area contributed by atoms with Crippen molar-refractivity contribution in [1.82, 2.24) is 0 Å². The Hall–Kier alpha value is -1.16. The number of benzene rings is 1. The van der Waals surface area contributed by atoms with Gasteiger partial charge in [-0.05, 0) is 46.5 Å². The van der Waals surface area contributed by atoms with Crippen LogP contribution in [0.15, 0.2) is 27.7 Å². The molecule has 20 heavy (non-hydrogen) atoms. The van der Waals surface area contributed by atoms with Crippen LogP contribution < -0.4 is 4.74 Å². The summed E-state index contributed by atoms with van der Waals surface area (Å²) >= 11 is 3.53. The van der Waals surface area contributed by atoms with Crippen LogP contribution in [0.2, 0.25) is 0 Å². The Labute approximate surface area is 126 Å². The number of hydrogen-bond donors (Lipinski definition) is 0. The third-order valence-electron chi connectivity index (χ3n) is 3.93. The molecule has 0 amide bonds. The summed E-state index contributed by atoms with van der Waals surface area (Å²) in [4.78, 5) is 14.4. The van der Waals surface area contributed by atoms with Crippen molar-refractivity contribution >= 4 is 22.0 Å². The van der Waals surface area contributed by atoms with Gasteiger partial charge in [-0.2, -0.15) is 4.99 Å². The summed E-state index contributed by atoms with van der Waals surface area (Å²) in [6.45, 7) is 4.29. The van der Waals surface area contributed by atoms with E-state index in [0.717, 1.165) is 41.8 Å². The molecule has 0 radical (unpaired) electrons. The van der Waals surface area contributed by atoms with Gasteiger partial charge in [0, 0.05) is 5.41 Å². The van der Waals surface area contributed by atoms with Crippen LogP contribution in [0.3, 0.4) is 0 Å². The van der Waals surface area contributed by atoms with Crippen LogP contribution in [0.4, 0.5) is 0 Å². The van der Waals surface area contributed by atoms with Crippen LogP contribution in [0.5, 0.6) is 5.75 Å². The second kappa shape index (κ2) is 4.99. The quantitative estimate of drug-likeness (QED) is 0.612. The molecule has 1 heterocycles. The summed E-state index contributed by atoms with van der Waals surface area (Å²) in [5.74, 6) is 0.813. The van der Waals surface area contributed by atoms with E-state index in [0.29, 0.717) is 6.61 Å². The lowest BCUT2D eigenvalue weighted by Crippen LogP contribution is -2.44. The van der Waals surface area contributed by atoms with Crippen molar-refractivity contribution in [2.24, 2.45) is 10.4 Å². The molecule has 0 unspecified atom stereocenters. The molecule has 1 aromatic rings. The van der Waals surface area contributed by atoms with E-state index in [1.54, 1.807) is 6.08 Å². The zero-order valence-corrected chi connectivity index (χ0v) is 12.9. The highest BCUT2D eigenvalue weighted by molar-refractivity contribution is 9.10. The highest BCUT2D eigenvalue weighted by Gasteiger charge is 2.45. The fourth-order valence-electron chi connectivity index (χ4n) is 2.36. The Morgan fingerprint density at radius 1 is 1.45 bits per heavy atom. The van der Waals surface area contributed by atoms with Crippen molar-refractivity contribution < 1.29 is 14.3 Å². The minimum Gasteiger partial charge on any atom is -0.492 e. The first-order chi connectivity index (χ1) is 9.57. The SMILES string of the molecule is CC1(COc2ccc(C3(N=C=O)CC3)cc2Br)COC1. The predicted octanol–water partition coefficient (Wildman–Crippen LogP) is 3.19. The van der Waals surface area contributed by atoms with E-state index in [4.69, 9.17) is 9.47 Å². The average Bonchev–Trinajstić information content (AvgIpc) is 3.16. The van der Waals surface area contributed by atoms with Gasteiger partial charge in [-0.15, -0.1) is 0 Å². The number of hydrogen-bond acceptors (Lipinski definition) is 4. The zero-order chi connectivity index (χ0) is 14.2. The lowest BCUT2D eigenvalue weighted by atomic mass is 9.90. The van der Waals surface area contributed by atoms with Crippen molar-refractivity contribution in [3.8, 4) is 5.75 Å². The highest BCUT2D eigenvalue weighted by atomic mass is 79.9. The van der Waals surface area contributed by atoms with E-state index >= 15 is 0 Å². The Balaban J connectivity index is 1.73. The molecule has 0 aromatic heterocycles. The van der Waals surface area contributed by atoms with Gasteiger partial charge < -0.3 is 9.47 Å². The Bertz CT molecular complexity index is 572. The summed E-state index contributed by atoms with van der Waals surface area (Å²) in [5.41, 5.74) is 0.826. The third kappa shape index (κ3) is 2.53. The van der Waals surface area contributed by atoms with E-state index < -0.39 is 0 Å². The smallest absolute Gasteiger partial charge is 0.235 e. The number of rotatable bonds is 5. The minimum atomic E-state index is -0.337. The third-order valence-corrected chi connectivity index (χ3v) is 4.55. The molecule has 1 saturated heterocycles. The molecule has 4 nitrogen and oxygen atoms in total. The van der Waals surface area contributed by atoms with Crippen LogP contribution >= 0.6 is 15.9 Å². The maximum Gasteiger partial charge on any atom is 0.235 e. The number of halogens is 1. The number of nitrogens with zero attached hydrogens (tertiary/aromatic N) is 1. The Kier molecular flexibility index (Phi) is 3.44. The Morgan fingerprint density at radius 2 is 2.20 bits per heavy atom. The van der Waals surface area contributed by atoms with Gasteiger partial charge in [-0.3, -0.25) is 0 Å². The van der Waals surface area contributed by atoms with Gasteiger partial charge in [0.05, 0.1) is 29.8 Å². The van der Waals surface area contributed by atoms with Crippen molar-refractivity contribution in [1.29, 1.82) is 0 Å². The molecule has 1 saturated carbocycles. The van der Waals surface area contributed by atoms with Gasteiger partial charge in [0.15, 0.2) is 0 Å². The molecule has 0 atom stereocenters. The summed E-state index contributed by atoms with van der Waals surface area (Å²) in [5, 5.41) is 0. The molecule has 106 valence electrons. The van der Waals surface area contributed by atoms with E-state index in [2.05, 4.69) is 27.8 Å². The van der Waals surface area contributed by atoms with Crippen molar-refractivity contribution in [3.05, 3.63) is 28.2 Å². The summed E-state index contributed by atoms with van der Waals surface area (Å²) in [7, 11) is 0. The van der Waals surface area contributed by atoms with Crippen LogP contribution in [0.25, 0.3) is 0 Å². The van der Waals surface area contributed by atoms with E-state index in [1.807, 2.05) is 18.2 Å². The molecule has 5 heteroatoms. The minimum absolute atomic E-state index is 0.123. The molecule has 1 aliphatic carbocycles. The van der Waals surface area contributed by atoms with Crippen molar-refractivity contribution in [2.75, 3.05) is 19.8 Å². The summed E-state index contributed by atoms with van der Waals surface area (Å²) in [6, 6.07) is 5.90. The highest BCUT2D eigenvalue weighted by Crippen LogP contribution is 2.50. The van der Waals surface area contributed by atoms with Crippen molar-refractivity contribution in [3.63, 3.8) is 0 Å². The molecule has 2 aliphatic rings. The van der Waals surface area contributed by atoms with Crippen LogP contribution in [0.1, 0.15) is 25.3 Å². The first kappa shape index (κ1) is 13.8.